The minimum absolute atomic E-state index is 0.0772. The van der Waals surface area contributed by atoms with Crippen molar-refractivity contribution in [2.45, 2.75) is 6.42 Å². The van der Waals surface area contributed by atoms with Gasteiger partial charge in [0.15, 0.2) is 0 Å². The van der Waals surface area contributed by atoms with E-state index in [1.165, 1.54) is 12.1 Å². The molecule has 14 heavy (non-hydrogen) atoms. The Bertz CT molecular complexity index is 378. The molecule has 0 fully saturated rings. The lowest BCUT2D eigenvalue weighted by atomic mass is 9.93. The summed E-state index contributed by atoms with van der Waals surface area (Å²) in [5.41, 5.74) is 6.95. The minimum atomic E-state index is -0.282. The summed E-state index contributed by atoms with van der Waals surface area (Å²) in [6.45, 7) is 0.293. The molecule has 1 heterocycles. The third kappa shape index (κ3) is 1.48. The van der Waals surface area contributed by atoms with Gasteiger partial charge in [-0.1, -0.05) is 0 Å². The van der Waals surface area contributed by atoms with Crippen molar-refractivity contribution in [1.82, 2.24) is 0 Å². The number of carbonyl (C=O) groups excluding carboxylic acids is 1. The minimum Gasteiger partial charge on any atom is -0.330 e. The van der Waals surface area contributed by atoms with Crippen LogP contribution in [0, 0.1) is 11.7 Å². The first-order valence-corrected chi connectivity index (χ1v) is 4.50. The number of rotatable bonds is 1. The Labute approximate surface area is 81.1 Å². The number of amides is 1. The second kappa shape index (κ2) is 3.38. The molecule has 4 heteroatoms. The maximum absolute atomic E-state index is 12.9. The summed E-state index contributed by atoms with van der Waals surface area (Å²) in [4.78, 5) is 11.4. The number of nitrogens with one attached hydrogen (secondary N) is 1. The van der Waals surface area contributed by atoms with Crippen molar-refractivity contribution in [2.24, 2.45) is 11.7 Å². The zero-order valence-corrected chi connectivity index (χ0v) is 7.59. The molecule has 1 atom stereocenters. The van der Waals surface area contributed by atoms with Gasteiger partial charge in [-0.15, -0.1) is 0 Å². The Balaban J connectivity index is 2.36. The molecule has 74 valence electrons. The van der Waals surface area contributed by atoms with Gasteiger partial charge >= 0.3 is 0 Å². The van der Waals surface area contributed by atoms with Gasteiger partial charge in [-0.25, -0.2) is 4.39 Å². The quantitative estimate of drug-likeness (QED) is 0.697. The number of hydrogen-bond acceptors (Lipinski definition) is 2. The number of halogens is 1. The number of carbonyl (C=O) groups is 1. The largest absolute Gasteiger partial charge is 0.330 e. The van der Waals surface area contributed by atoms with E-state index >= 15 is 0 Å². The van der Waals surface area contributed by atoms with Crippen LogP contribution >= 0.6 is 0 Å². The molecule has 1 unspecified atom stereocenters. The summed E-state index contributed by atoms with van der Waals surface area (Å²) in [6, 6.07) is 4.36. The zero-order valence-electron chi connectivity index (χ0n) is 7.59. The van der Waals surface area contributed by atoms with E-state index in [1.807, 2.05) is 0 Å². The standard InChI is InChI=1S/C10H11FN2O/c11-8-1-2-9-6(4-8)3-7(5-12)10(14)13-9/h1-2,4,7H,3,5,12H2,(H,13,14). The van der Waals surface area contributed by atoms with Crippen LogP contribution in [0.15, 0.2) is 18.2 Å². The van der Waals surface area contributed by atoms with Gasteiger partial charge in [-0.3, -0.25) is 4.79 Å². The summed E-state index contributed by atoms with van der Waals surface area (Å²) in [7, 11) is 0. The Morgan fingerprint density at radius 3 is 3.07 bits per heavy atom. The van der Waals surface area contributed by atoms with Crippen LogP contribution in [-0.4, -0.2) is 12.5 Å². The summed E-state index contributed by atoms with van der Waals surface area (Å²) in [5.74, 6) is -0.591. The third-order valence-electron chi connectivity index (χ3n) is 2.45. The first kappa shape index (κ1) is 9.15. The smallest absolute Gasteiger partial charge is 0.229 e. The van der Waals surface area contributed by atoms with Gasteiger partial charge in [0.25, 0.3) is 0 Å². The molecule has 3 N–H and O–H groups in total. The average Bonchev–Trinajstić information content (AvgIpc) is 2.17. The van der Waals surface area contributed by atoms with Crippen molar-refractivity contribution in [1.29, 1.82) is 0 Å². The molecule has 1 amide bonds. The van der Waals surface area contributed by atoms with Gasteiger partial charge in [0.1, 0.15) is 5.82 Å². The topological polar surface area (TPSA) is 55.1 Å². The fraction of sp³-hybridized carbons (Fsp3) is 0.300. The van der Waals surface area contributed by atoms with E-state index in [-0.39, 0.29) is 17.6 Å². The van der Waals surface area contributed by atoms with Crippen molar-refractivity contribution in [2.75, 3.05) is 11.9 Å². The van der Waals surface area contributed by atoms with E-state index in [4.69, 9.17) is 5.73 Å². The van der Waals surface area contributed by atoms with Crippen LogP contribution in [0.3, 0.4) is 0 Å². The monoisotopic (exact) mass is 194 g/mol. The Kier molecular flexibility index (Phi) is 2.21. The highest BCUT2D eigenvalue weighted by atomic mass is 19.1. The molecule has 0 saturated carbocycles. The SMILES string of the molecule is NCC1Cc2cc(F)ccc2NC1=O. The number of fused-ring (bicyclic) bond motifs is 1. The molecule has 0 bridgehead atoms. The summed E-state index contributed by atoms with van der Waals surface area (Å²) >= 11 is 0. The molecule has 1 aromatic rings. The molecule has 1 aromatic carbocycles. The molecule has 0 saturated heterocycles. The van der Waals surface area contributed by atoms with Crippen LogP contribution in [0.5, 0.6) is 0 Å². The van der Waals surface area contributed by atoms with Crippen LogP contribution in [-0.2, 0) is 11.2 Å². The third-order valence-corrected chi connectivity index (χ3v) is 2.45. The van der Waals surface area contributed by atoms with Gasteiger partial charge in [-0.2, -0.15) is 0 Å². The van der Waals surface area contributed by atoms with Gasteiger partial charge in [0.2, 0.25) is 5.91 Å². The first-order valence-electron chi connectivity index (χ1n) is 4.50. The van der Waals surface area contributed by atoms with Crippen molar-refractivity contribution in [3.05, 3.63) is 29.6 Å². The Morgan fingerprint density at radius 1 is 1.57 bits per heavy atom. The number of anilines is 1. The normalized spacial score (nSPS) is 20.1. The number of nitrogens with two attached hydrogens (primary N) is 1. The second-order valence-corrected chi connectivity index (χ2v) is 3.43. The molecule has 1 aliphatic heterocycles. The van der Waals surface area contributed by atoms with Crippen molar-refractivity contribution in [3.8, 4) is 0 Å². The molecule has 0 spiro atoms. The molecular formula is C10H11FN2O. The lowest BCUT2D eigenvalue weighted by molar-refractivity contribution is -0.119. The van der Waals surface area contributed by atoms with Crippen molar-refractivity contribution < 1.29 is 9.18 Å². The summed E-state index contributed by atoms with van der Waals surface area (Å²) < 4.78 is 12.9. The molecule has 0 aliphatic carbocycles. The average molecular weight is 194 g/mol. The van der Waals surface area contributed by atoms with E-state index in [0.29, 0.717) is 18.7 Å². The Hall–Kier alpha value is -1.42. The summed E-state index contributed by atoms with van der Waals surface area (Å²) in [5, 5.41) is 2.70. The molecule has 2 rings (SSSR count). The van der Waals surface area contributed by atoms with Gasteiger partial charge in [0.05, 0.1) is 5.92 Å². The van der Waals surface area contributed by atoms with E-state index in [9.17, 15) is 9.18 Å². The highest BCUT2D eigenvalue weighted by molar-refractivity contribution is 5.95. The second-order valence-electron chi connectivity index (χ2n) is 3.43. The number of benzene rings is 1. The fourth-order valence-corrected chi connectivity index (χ4v) is 1.64. The highest BCUT2D eigenvalue weighted by Crippen LogP contribution is 2.25. The Morgan fingerprint density at radius 2 is 2.36 bits per heavy atom. The first-order chi connectivity index (χ1) is 6.70. The van der Waals surface area contributed by atoms with Crippen LogP contribution in [0.25, 0.3) is 0 Å². The van der Waals surface area contributed by atoms with Crippen molar-refractivity contribution in [3.63, 3.8) is 0 Å². The molecule has 0 aromatic heterocycles. The highest BCUT2D eigenvalue weighted by Gasteiger charge is 2.24. The fourth-order valence-electron chi connectivity index (χ4n) is 1.64. The van der Waals surface area contributed by atoms with Gasteiger partial charge < -0.3 is 11.1 Å². The zero-order chi connectivity index (χ0) is 10.1. The van der Waals surface area contributed by atoms with Crippen LogP contribution in [0.2, 0.25) is 0 Å². The summed E-state index contributed by atoms with van der Waals surface area (Å²) in [6.07, 6.45) is 0.523. The lowest BCUT2D eigenvalue weighted by Crippen LogP contribution is -2.34. The van der Waals surface area contributed by atoms with Crippen LogP contribution < -0.4 is 11.1 Å². The predicted molar refractivity (Wildman–Crippen MR) is 51.3 cm³/mol. The van der Waals surface area contributed by atoms with E-state index in [2.05, 4.69) is 5.32 Å². The van der Waals surface area contributed by atoms with Gasteiger partial charge in [-0.05, 0) is 30.2 Å². The maximum atomic E-state index is 12.9. The van der Waals surface area contributed by atoms with E-state index in [1.54, 1.807) is 6.07 Å². The van der Waals surface area contributed by atoms with Gasteiger partial charge in [0, 0.05) is 12.2 Å². The molecule has 1 aliphatic rings. The lowest BCUT2D eigenvalue weighted by Gasteiger charge is -2.23. The van der Waals surface area contributed by atoms with Crippen LogP contribution in [0.4, 0.5) is 10.1 Å². The van der Waals surface area contributed by atoms with Crippen molar-refractivity contribution >= 4 is 11.6 Å². The molecular weight excluding hydrogens is 183 g/mol. The van der Waals surface area contributed by atoms with E-state index in [0.717, 1.165) is 5.56 Å². The number of hydrogen-bond donors (Lipinski definition) is 2. The molecule has 0 radical (unpaired) electrons. The van der Waals surface area contributed by atoms with E-state index < -0.39 is 0 Å². The predicted octanol–water partition coefficient (Wildman–Crippen LogP) is 0.895. The molecule has 3 nitrogen and oxygen atoms in total. The van der Waals surface area contributed by atoms with Crippen LogP contribution in [0.1, 0.15) is 5.56 Å². The maximum Gasteiger partial charge on any atom is 0.229 e.